The molecule has 0 radical (unpaired) electrons. The molecule has 0 amide bonds. The zero-order valence-electron chi connectivity index (χ0n) is 16.1. The Bertz CT molecular complexity index is 1340. The van der Waals surface area contributed by atoms with Crippen molar-refractivity contribution in [3.63, 3.8) is 0 Å². The summed E-state index contributed by atoms with van der Waals surface area (Å²) in [7, 11) is 0. The van der Waals surface area contributed by atoms with Gasteiger partial charge in [-0.25, -0.2) is 4.98 Å². The van der Waals surface area contributed by atoms with Gasteiger partial charge in [-0.15, -0.1) is 0 Å². The highest BCUT2D eigenvalue weighted by molar-refractivity contribution is 5.50. The number of nitrogens with one attached hydrogen (secondary N) is 2. The van der Waals surface area contributed by atoms with E-state index in [1.807, 2.05) is 65.4 Å². The molecule has 7 nitrogen and oxygen atoms in total. The van der Waals surface area contributed by atoms with E-state index >= 15 is 0 Å². The predicted molar refractivity (Wildman–Crippen MR) is 115 cm³/mol. The number of imidazole rings is 1. The lowest BCUT2D eigenvalue weighted by molar-refractivity contribution is 0.298. The molecule has 2 aromatic heterocycles. The van der Waals surface area contributed by atoms with Gasteiger partial charge in [0.15, 0.2) is 0 Å². The van der Waals surface area contributed by atoms with Crippen molar-refractivity contribution >= 4 is 12.2 Å². The number of ether oxygens (including phenoxy) is 1. The van der Waals surface area contributed by atoms with Gasteiger partial charge in [0.05, 0.1) is 12.9 Å². The minimum absolute atomic E-state index is 0.194. The van der Waals surface area contributed by atoms with Gasteiger partial charge < -0.3 is 19.3 Å². The van der Waals surface area contributed by atoms with E-state index in [2.05, 4.69) is 15.0 Å². The summed E-state index contributed by atoms with van der Waals surface area (Å²) in [4.78, 5) is 34.0. The smallest absolute Gasteiger partial charge is 0.272 e. The zero-order chi connectivity index (χ0) is 20.8. The highest BCUT2D eigenvalue weighted by atomic mass is 16.5. The maximum Gasteiger partial charge on any atom is 0.272 e. The van der Waals surface area contributed by atoms with Crippen molar-refractivity contribution in [3.8, 4) is 5.75 Å². The number of H-pyrrole nitrogens is 2. The summed E-state index contributed by atoms with van der Waals surface area (Å²) in [5.41, 5.74) is 0.888. The lowest BCUT2D eigenvalue weighted by atomic mass is 10.2. The third-order valence-electron chi connectivity index (χ3n) is 4.46. The number of nitrogens with zero attached hydrogens (tertiary/aromatic N) is 2. The summed E-state index contributed by atoms with van der Waals surface area (Å²) in [6, 6.07) is 16.6. The van der Waals surface area contributed by atoms with Crippen LogP contribution in [0.3, 0.4) is 0 Å². The van der Waals surface area contributed by atoms with Crippen molar-refractivity contribution in [1.29, 1.82) is 0 Å². The molecule has 2 heterocycles. The Kier molecular flexibility index (Phi) is 5.70. The van der Waals surface area contributed by atoms with E-state index in [4.69, 9.17) is 4.74 Å². The fraction of sp³-hybridized carbons (Fsp3) is 0.0870. The first-order valence-corrected chi connectivity index (χ1v) is 9.47. The first-order valence-electron chi connectivity index (χ1n) is 9.47. The van der Waals surface area contributed by atoms with E-state index in [1.165, 1.54) is 0 Å². The van der Waals surface area contributed by atoms with Gasteiger partial charge in [0.1, 0.15) is 23.1 Å². The molecule has 0 saturated carbocycles. The van der Waals surface area contributed by atoms with Crippen molar-refractivity contribution in [2.75, 3.05) is 6.61 Å². The highest BCUT2D eigenvalue weighted by Gasteiger charge is 1.99. The molecule has 7 heteroatoms. The molecule has 0 aliphatic rings. The number of aromatic amines is 2. The maximum absolute atomic E-state index is 12.4. The monoisotopic (exact) mass is 400 g/mol. The topological polar surface area (TPSA) is 92.8 Å². The Morgan fingerprint density at radius 2 is 1.50 bits per heavy atom. The Hall–Kier alpha value is -4.13. The summed E-state index contributed by atoms with van der Waals surface area (Å²) >= 11 is 0. The van der Waals surface area contributed by atoms with Crippen molar-refractivity contribution in [2.45, 2.75) is 6.54 Å². The molecule has 0 aliphatic heterocycles. The second kappa shape index (κ2) is 8.91. The summed E-state index contributed by atoms with van der Waals surface area (Å²) in [6.07, 6.45) is 8.61. The molecule has 150 valence electrons. The summed E-state index contributed by atoms with van der Waals surface area (Å²) < 4.78 is 7.64. The summed E-state index contributed by atoms with van der Waals surface area (Å²) in [5.74, 6) is 0.725. The Balaban J connectivity index is 1.51. The molecule has 0 saturated heterocycles. The number of hydrogen-bond donors (Lipinski definition) is 2. The van der Waals surface area contributed by atoms with E-state index in [1.54, 1.807) is 24.7 Å². The fourth-order valence-corrected chi connectivity index (χ4v) is 2.93. The minimum atomic E-state index is -0.363. The van der Waals surface area contributed by atoms with Gasteiger partial charge in [-0.3, -0.25) is 9.59 Å². The molecule has 30 heavy (non-hydrogen) atoms. The fourth-order valence-electron chi connectivity index (χ4n) is 2.93. The van der Waals surface area contributed by atoms with Crippen LogP contribution < -0.4 is 26.6 Å². The average Bonchev–Trinajstić information content (AvgIpc) is 3.27. The van der Waals surface area contributed by atoms with Gasteiger partial charge in [-0.1, -0.05) is 42.5 Å². The SMILES string of the molecule is O=c1[nH]/c(=C\c2ccc(OCCn3ccnc3)cc2)c(=O)[nH]/c1=C\c1ccccc1. The largest absolute Gasteiger partial charge is 0.492 e. The zero-order valence-corrected chi connectivity index (χ0v) is 16.1. The van der Waals surface area contributed by atoms with Crippen molar-refractivity contribution in [2.24, 2.45) is 0 Å². The summed E-state index contributed by atoms with van der Waals surface area (Å²) in [6.45, 7) is 1.22. The molecule has 4 rings (SSSR count). The Morgan fingerprint density at radius 3 is 2.10 bits per heavy atom. The van der Waals surface area contributed by atoms with Crippen LogP contribution in [0.15, 0.2) is 82.9 Å². The van der Waals surface area contributed by atoms with Gasteiger partial charge in [-0.2, -0.15) is 0 Å². The van der Waals surface area contributed by atoms with Crippen LogP contribution in [0.25, 0.3) is 12.2 Å². The molecule has 0 atom stereocenters. The minimum Gasteiger partial charge on any atom is -0.492 e. The molecule has 2 N–H and O–H groups in total. The van der Waals surface area contributed by atoms with Gasteiger partial charge in [0.25, 0.3) is 11.1 Å². The van der Waals surface area contributed by atoms with Crippen molar-refractivity contribution in [3.05, 3.63) is 116 Å². The van der Waals surface area contributed by atoms with E-state index in [0.717, 1.165) is 16.9 Å². The maximum atomic E-state index is 12.4. The Morgan fingerprint density at radius 1 is 0.867 bits per heavy atom. The van der Waals surface area contributed by atoms with Crippen LogP contribution in [0.1, 0.15) is 11.1 Å². The standard InChI is InChI=1S/C23H20N4O3/c28-22-20(14-17-4-2-1-3-5-17)25-23(29)21(26-22)15-18-6-8-19(9-7-18)30-13-12-27-11-10-24-16-27/h1-11,14-16H,12-13H2,(H,25,29)(H,26,28)/b20-14-,21-15-. The van der Waals surface area contributed by atoms with Crippen LogP contribution in [0.5, 0.6) is 5.75 Å². The van der Waals surface area contributed by atoms with E-state index < -0.39 is 0 Å². The lowest BCUT2D eigenvalue weighted by Gasteiger charge is -2.06. The van der Waals surface area contributed by atoms with Gasteiger partial charge in [0, 0.05) is 12.4 Å². The van der Waals surface area contributed by atoms with E-state index in [-0.39, 0.29) is 21.8 Å². The molecule has 0 fully saturated rings. The van der Waals surface area contributed by atoms with Crippen LogP contribution in [0, 0.1) is 0 Å². The van der Waals surface area contributed by atoms with Crippen LogP contribution in [-0.4, -0.2) is 26.1 Å². The lowest BCUT2D eigenvalue weighted by Crippen LogP contribution is -2.46. The molecular formula is C23H20N4O3. The first kappa shape index (κ1) is 19.2. The number of rotatable bonds is 6. The molecule has 4 aromatic rings. The van der Waals surface area contributed by atoms with Crippen LogP contribution in [-0.2, 0) is 6.54 Å². The van der Waals surface area contributed by atoms with E-state index in [9.17, 15) is 9.59 Å². The third kappa shape index (κ3) is 4.82. The van der Waals surface area contributed by atoms with Crippen LogP contribution in [0.4, 0.5) is 0 Å². The molecule has 0 aliphatic carbocycles. The first-order chi connectivity index (χ1) is 14.7. The van der Waals surface area contributed by atoms with E-state index in [0.29, 0.717) is 13.2 Å². The predicted octanol–water partition coefficient (Wildman–Crippen LogP) is 0.996. The second-order valence-corrected chi connectivity index (χ2v) is 6.65. The highest BCUT2D eigenvalue weighted by Crippen LogP contribution is 2.12. The Labute approximate surface area is 171 Å². The molecular weight excluding hydrogens is 380 g/mol. The average molecular weight is 400 g/mol. The number of benzene rings is 2. The summed E-state index contributed by atoms with van der Waals surface area (Å²) in [5, 5.41) is 0.406. The second-order valence-electron chi connectivity index (χ2n) is 6.65. The van der Waals surface area contributed by atoms with Crippen LogP contribution in [0.2, 0.25) is 0 Å². The normalized spacial score (nSPS) is 12.3. The number of aromatic nitrogens is 4. The van der Waals surface area contributed by atoms with Crippen LogP contribution >= 0.6 is 0 Å². The third-order valence-corrected chi connectivity index (χ3v) is 4.46. The molecule has 0 bridgehead atoms. The van der Waals surface area contributed by atoms with Crippen molar-refractivity contribution < 1.29 is 4.74 Å². The molecule has 2 aromatic carbocycles. The van der Waals surface area contributed by atoms with Gasteiger partial charge >= 0.3 is 0 Å². The number of hydrogen-bond acceptors (Lipinski definition) is 4. The molecule has 0 unspecified atom stereocenters. The quantitative estimate of drug-likeness (QED) is 0.505. The molecule has 0 spiro atoms. The van der Waals surface area contributed by atoms with Gasteiger partial charge in [-0.05, 0) is 35.4 Å². The van der Waals surface area contributed by atoms with Gasteiger partial charge in [0.2, 0.25) is 0 Å². The van der Waals surface area contributed by atoms with Crippen molar-refractivity contribution in [1.82, 2.24) is 19.5 Å².